The van der Waals surface area contributed by atoms with Gasteiger partial charge in [0.15, 0.2) is 0 Å². The summed E-state index contributed by atoms with van der Waals surface area (Å²) in [4.78, 5) is 18.1. The van der Waals surface area contributed by atoms with Gasteiger partial charge in [-0.15, -0.1) is 0 Å². The Labute approximate surface area is 271 Å². The molecule has 0 saturated carbocycles. The predicted octanol–water partition coefficient (Wildman–Crippen LogP) is 9.37. The van der Waals surface area contributed by atoms with E-state index in [4.69, 9.17) is 19.4 Å². The van der Waals surface area contributed by atoms with E-state index < -0.39 is 0 Å². The van der Waals surface area contributed by atoms with Crippen LogP contribution in [0.5, 0.6) is 0 Å². The van der Waals surface area contributed by atoms with Gasteiger partial charge in [-0.3, -0.25) is 9.59 Å². The lowest BCUT2D eigenvalue weighted by Gasteiger charge is -2.14. The molecule has 2 amide bonds. The van der Waals surface area contributed by atoms with Gasteiger partial charge in [0.1, 0.15) is 0 Å². The Bertz CT molecular complexity index is 383. The van der Waals surface area contributed by atoms with Gasteiger partial charge in [-0.05, 0) is 39.8 Å². The SMILES string of the molecule is CCCC.CCCCCCC(CCCCCC)OC.CCCCCCC(O)CCCCCC.CNC.CO.O=CNC=O. The molecule has 0 aromatic carbocycles. The monoisotopic (exact) mass is 623 g/mol. The summed E-state index contributed by atoms with van der Waals surface area (Å²) in [5.41, 5.74) is 0. The molecular formula is C36H82N2O5. The fourth-order valence-electron chi connectivity index (χ4n) is 3.76. The molecule has 0 saturated heterocycles. The van der Waals surface area contributed by atoms with Crippen molar-refractivity contribution < 1.29 is 24.5 Å². The van der Waals surface area contributed by atoms with Crippen molar-refractivity contribution in [2.75, 3.05) is 28.3 Å². The first kappa shape index (κ1) is 54.5. The Hall–Kier alpha value is -1.02. The molecule has 0 bridgehead atoms. The van der Waals surface area contributed by atoms with Gasteiger partial charge >= 0.3 is 0 Å². The van der Waals surface area contributed by atoms with Crippen molar-refractivity contribution >= 4 is 12.8 Å². The largest absolute Gasteiger partial charge is 0.400 e. The molecule has 0 aliphatic carbocycles. The molecule has 266 valence electrons. The number of ether oxygens (including phenoxy) is 1. The quantitative estimate of drug-likeness (QED) is 0.0631. The van der Waals surface area contributed by atoms with E-state index in [1.807, 2.05) is 21.2 Å². The van der Waals surface area contributed by atoms with Crippen LogP contribution in [-0.4, -0.2) is 63.6 Å². The van der Waals surface area contributed by atoms with Crippen molar-refractivity contribution in [1.29, 1.82) is 0 Å². The molecule has 0 rings (SSSR count). The van der Waals surface area contributed by atoms with Gasteiger partial charge in [0.25, 0.3) is 0 Å². The Balaban J connectivity index is -0.000000111. The summed E-state index contributed by atoms with van der Waals surface area (Å²) in [5, 5.41) is 21.1. The molecular weight excluding hydrogens is 540 g/mol. The minimum absolute atomic E-state index is 0.0243. The van der Waals surface area contributed by atoms with E-state index in [-0.39, 0.29) is 6.10 Å². The van der Waals surface area contributed by atoms with Gasteiger partial charge in [-0.2, -0.15) is 0 Å². The van der Waals surface area contributed by atoms with Gasteiger partial charge in [-0.25, -0.2) is 0 Å². The molecule has 0 unspecified atom stereocenters. The third-order valence-corrected chi connectivity index (χ3v) is 6.51. The molecule has 0 fully saturated rings. The lowest BCUT2D eigenvalue weighted by molar-refractivity contribution is -0.117. The Kier molecular flexibility index (Phi) is 81.1. The minimum atomic E-state index is -0.0243. The smallest absolute Gasteiger partial charge is 0.213 e. The third-order valence-electron chi connectivity index (χ3n) is 6.51. The van der Waals surface area contributed by atoms with Crippen molar-refractivity contribution in [1.82, 2.24) is 10.6 Å². The maximum Gasteiger partial charge on any atom is 0.213 e. The molecule has 7 heteroatoms. The zero-order chi connectivity index (χ0) is 34.2. The normalized spacial score (nSPS) is 9.44. The highest BCUT2D eigenvalue weighted by Crippen LogP contribution is 2.14. The van der Waals surface area contributed by atoms with Crippen LogP contribution < -0.4 is 10.6 Å². The number of aliphatic hydroxyl groups excluding tert-OH is 2. The van der Waals surface area contributed by atoms with Crippen LogP contribution in [0.3, 0.4) is 0 Å². The molecule has 0 spiro atoms. The zero-order valence-electron chi connectivity index (χ0n) is 31.0. The van der Waals surface area contributed by atoms with E-state index >= 15 is 0 Å². The first-order valence-electron chi connectivity index (χ1n) is 17.8. The van der Waals surface area contributed by atoms with E-state index in [1.54, 1.807) is 5.32 Å². The van der Waals surface area contributed by atoms with E-state index in [0.717, 1.165) is 20.0 Å². The average molecular weight is 623 g/mol. The van der Waals surface area contributed by atoms with Crippen molar-refractivity contribution in [2.24, 2.45) is 0 Å². The van der Waals surface area contributed by atoms with Gasteiger partial charge < -0.3 is 25.6 Å². The first-order chi connectivity index (χ1) is 20.9. The fourth-order valence-corrected chi connectivity index (χ4v) is 3.76. The number of carbonyl (C=O) groups excluding carboxylic acids is 2. The second kappa shape index (κ2) is 64.0. The van der Waals surface area contributed by atoms with Crippen LogP contribution in [-0.2, 0) is 14.3 Å². The maximum atomic E-state index is 9.65. The third kappa shape index (κ3) is 79.5. The van der Waals surface area contributed by atoms with E-state index in [9.17, 15) is 5.11 Å². The first-order valence-corrected chi connectivity index (χ1v) is 17.8. The summed E-state index contributed by atoms with van der Waals surface area (Å²) in [5.74, 6) is 0. The van der Waals surface area contributed by atoms with Crippen LogP contribution in [0.4, 0.5) is 0 Å². The number of aliphatic hydroxyl groups is 2. The van der Waals surface area contributed by atoms with E-state index in [0.29, 0.717) is 18.9 Å². The van der Waals surface area contributed by atoms with Crippen molar-refractivity contribution in [2.45, 2.75) is 195 Å². The topological polar surface area (TPSA) is 108 Å². The number of nitrogens with one attached hydrogen (secondary N) is 2. The Morgan fingerprint density at radius 3 is 1.00 bits per heavy atom. The summed E-state index contributed by atoms with van der Waals surface area (Å²) in [7, 11) is 6.62. The molecule has 0 radical (unpaired) electrons. The molecule has 4 N–H and O–H groups in total. The summed E-state index contributed by atoms with van der Waals surface area (Å²) in [6.45, 7) is 13.3. The molecule has 0 heterocycles. The van der Waals surface area contributed by atoms with Crippen LogP contribution in [0.1, 0.15) is 183 Å². The summed E-state index contributed by atoms with van der Waals surface area (Å²) < 4.78 is 5.51. The van der Waals surface area contributed by atoms with Crippen molar-refractivity contribution in [3.8, 4) is 0 Å². The minimum Gasteiger partial charge on any atom is -0.400 e. The standard InChI is InChI=1S/C14H30O.C13H28O.C4H10.C2H3NO2.C2H7N.CH4O/c1-4-6-8-10-12-14(15-3)13-11-9-7-5-2;1-3-5-7-9-11-13(14)12-10-8-6-4-2;1-3-4-2;4-1-3-2-5;1-3-2;1-2/h14H,4-13H2,1-3H3;13-14H,3-12H2,1-2H3;3-4H2,1-2H3;1-2H,(H,3,4,5);3H,1-2H3;2H,1H3. The molecule has 43 heavy (non-hydrogen) atoms. The molecule has 7 nitrogen and oxygen atoms in total. The van der Waals surface area contributed by atoms with Gasteiger partial charge in [0.2, 0.25) is 12.8 Å². The molecule has 0 aromatic rings. The van der Waals surface area contributed by atoms with E-state index in [2.05, 4.69) is 46.9 Å². The highest BCUT2D eigenvalue weighted by atomic mass is 16.5. The van der Waals surface area contributed by atoms with Gasteiger partial charge in [-0.1, -0.05) is 157 Å². The highest BCUT2D eigenvalue weighted by molar-refractivity contribution is 5.67. The van der Waals surface area contributed by atoms with Crippen molar-refractivity contribution in [3.05, 3.63) is 0 Å². The zero-order valence-corrected chi connectivity index (χ0v) is 31.0. The number of rotatable bonds is 24. The van der Waals surface area contributed by atoms with Crippen LogP contribution in [0, 0.1) is 0 Å². The average Bonchev–Trinajstić information content (AvgIpc) is 3.03. The summed E-state index contributed by atoms with van der Waals surface area (Å²) in [6, 6.07) is 0. The number of unbranched alkanes of at least 4 members (excludes halogenated alkanes) is 13. The van der Waals surface area contributed by atoms with E-state index in [1.165, 1.54) is 128 Å². The molecule has 0 aliphatic rings. The molecule has 0 aliphatic heterocycles. The predicted molar refractivity (Wildman–Crippen MR) is 191 cm³/mol. The van der Waals surface area contributed by atoms with Crippen LogP contribution >= 0.6 is 0 Å². The van der Waals surface area contributed by atoms with Gasteiger partial charge in [0, 0.05) is 14.2 Å². The number of carbonyl (C=O) groups is 2. The Morgan fingerprint density at radius 1 is 0.535 bits per heavy atom. The molecule has 0 atom stereocenters. The van der Waals surface area contributed by atoms with Crippen LogP contribution in [0.25, 0.3) is 0 Å². The van der Waals surface area contributed by atoms with Gasteiger partial charge in [0.05, 0.1) is 12.2 Å². The summed E-state index contributed by atoms with van der Waals surface area (Å²) >= 11 is 0. The fraction of sp³-hybridized carbons (Fsp3) is 0.944. The number of amides is 2. The Morgan fingerprint density at radius 2 is 0.814 bits per heavy atom. The van der Waals surface area contributed by atoms with Crippen molar-refractivity contribution in [3.63, 3.8) is 0 Å². The number of imide groups is 1. The lowest BCUT2D eigenvalue weighted by Crippen LogP contribution is -2.10. The lowest BCUT2D eigenvalue weighted by atomic mass is 10.0. The number of hydrogen-bond donors (Lipinski definition) is 4. The second-order valence-electron chi connectivity index (χ2n) is 10.8. The van der Waals surface area contributed by atoms with Crippen LogP contribution in [0.2, 0.25) is 0 Å². The number of hydrogen-bond acceptors (Lipinski definition) is 6. The maximum absolute atomic E-state index is 9.65. The van der Waals surface area contributed by atoms with Crippen LogP contribution in [0.15, 0.2) is 0 Å². The highest BCUT2D eigenvalue weighted by Gasteiger charge is 2.06. The molecule has 0 aromatic heterocycles. The second-order valence-corrected chi connectivity index (χ2v) is 10.8. The summed E-state index contributed by atoms with van der Waals surface area (Å²) in [6.07, 6.45) is 29.4. The number of methoxy groups -OCH3 is 1.